The van der Waals surface area contributed by atoms with Crippen molar-refractivity contribution in [1.29, 1.82) is 0 Å². The molecule has 1 saturated heterocycles. The van der Waals surface area contributed by atoms with Crippen LogP contribution in [0.2, 0.25) is 5.02 Å². The van der Waals surface area contributed by atoms with Crippen LogP contribution in [0.1, 0.15) is 19.3 Å². The highest BCUT2D eigenvalue weighted by Gasteiger charge is 2.25. The predicted octanol–water partition coefficient (Wildman–Crippen LogP) is 5.78. The van der Waals surface area contributed by atoms with Crippen LogP contribution in [0.25, 0.3) is 0 Å². The average Bonchev–Trinajstić information content (AvgIpc) is 2.86. The number of nitrogens with one attached hydrogen (secondary N) is 3. The summed E-state index contributed by atoms with van der Waals surface area (Å²) < 4.78 is 35.1. The molecule has 0 unspecified atom stereocenters. The number of rotatable bonds is 7. The maximum atomic E-state index is 13.6. The molecule has 0 aromatic heterocycles. The fourth-order valence-corrected chi connectivity index (χ4v) is 5.41. The molecule has 0 bridgehead atoms. The number of anilines is 4. The van der Waals surface area contributed by atoms with Crippen molar-refractivity contribution in [2.24, 2.45) is 0 Å². The second-order valence-corrected chi connectivity index (χ2v) is 10.2. The van der Waals surface area contributed by atoms with Gasteiger partial charge in [-0.2, -0.15) is 0 Å². The van der Waals surface area contributed by atoms with Gasteiger partial charge in [-0.05, 0) is 73.9 Å². The number of carbonyl (C=O) groups excluding carboxylic acids is 1. The Morgan fingerprint density at radius 3 is 2.29 bits per heavy atom. The molecule has 0 aliphatic carbocycles. The molecule has 8 nitrogen and oxygen atoms in total. The monoisotopic (exact) mass is 514 g/mol. The quantitative estimate of drug-likeness (QED) is 0.371. The number of carbonyl (C=O) groups is 1. The van der Waals surface area contributed by atoms with E-state index in [-0.39, 0.29) is 4.90 Å². The number of halogens is 1. The summed E-state index contributed by atoms with van der Waals surface area (Å²) in [7, 11) is -2.52. The standard InChI is InChI=1S/C25H27ClN4O4S/c1-34-23-8-4-3-7-21(23)29-35(32,33)24-17-20(13-14-22(24)30-15-5-2-6-16-30)28-25(31)27-19-11-9-18(26)10-12-19/h3-4,7-14,17,29H,2,5-6,15-16H2,1H3,(H2,27,28,31). The molecular formula is C25H27ClN4O4S. The number of nitrogens with zero attached hydrogens (tertiary/aromatic N) is 1. The van der Waals surface area contributed by atoms with Crippen LogP contribution in [0.4, 0.5) is 27.5 Å². The van der Waals surface area contributed by atoms with Crippen molar-refractivity contribution in [1.82, 2.24) is 0 Å². The van der Waals surface area contributed by atoms with Gasteiger partial charge >= 0.3 is 6.03 Å². The van der Waals surface area contributed by atoms with Crippen molar-refractivity contribution in [3.63, 3.8) is 0 Å². The van der Waals surface area contributed by atoms with Gasteiger partial charge in [0.1, 0.15) is 10.6 Å². The first-order chi connectivity index (χ1) is 16.9. The maximum Gasteiger partial charge on any atom is 0.323 e. The van der Waals surface area contributed by atoms with Crippen LogP contribution in [0.3, 0.4) is 0 Å². The van der Waals surface area contributed by atoms with Crippen molar-refractivity contribution in [3.05, 3.63) is 71.8 Å². The Kier molecular flexibility index (Phi) is 7.67. The van der Waals surface area contributed by atoms with Gasteiger partial charge in [-0.25, -0.2) is 13.2 Å². The van der Waals surface area contributed by atoms with E-state index in [1.54, 1.807) is 60.7 Å². The van der Waals surface area contributed by atoms with Crippen LogP contribution in [0.5, 0.6) is 5.75 Å². The first kappa shape index (κ1) is 24.7. The van der Waals surface area contributed by atoms with Crippen molar-refractivity contribution >= 4 is 50.4 Å². The van der Waals surface area contributed by atoms with Gasteiger partial charge in [-0.3, -0.25) is 4.72 Å². The van der Waals surface area contributed by atoms with Gasteiger partial charge in [0.05, 0.1) is 18.5 Å². The lowest BCUT2D eigenvalue weighted by Gasteiger charge is -2.30. The Balaban J connectivity index is 1.64. The van der Waals surface area contributed by atoms with E-state index < -0.39 is 16.1 Å². The summed E-state index contributed by atoms with van der Waals surface area (Å²) >= 11 is 5.89. The first-order valence-corrected chi connectivity index (χ1v) is 13.1. The molecule has 4 rings (SSSR count). The van der Waals surface area contributed by atoms with Crippen molar-refractivity contribution in [3.8, 4) is 5.75 Å². The molecule has 3 aromatic rings. The minimum atomic E-state index is -4.01. The molecule has 2 amide bonds. The molecule has 0 spiro atoms. The number of amides is 2. The zero-order chi connectivity index (χ0) is 24.8. The Labute approximate surface area is 210 Å². The summed E-state index contributed by atoms with van der Waals surface area (Å²) in [6.45, 7) is 1.53. The molecule has 1 aliphatic rings. The summed E-state index contributed by atoms with van der Waals surface area (Å²) in [5.74, 6) is 0.409. The van der Waals surface area contributed by atoms with E-state index in [4.69, 9.17) is 16.3 Å². The normalized spacial score (nSPS) is 13.7. The molecule has 3 aromatic carbocycles. The molecule has 184 valence electrons. The van der Waals surface area contributed by atoms with Gasteiger partial charge in [-0.15, -0.1) is 0 Å². The predicted molar refractivity (Wildman–Crippen MR) is 140 cm³/mol. The number of benzene rings is 3. The van der Waals surface area contributed by atoms with Gasteiger partial charge in [-0.1, -0.05) is 23.7 Å². The van der Waals surface area contributed by atoms with Crippen molar-refractivity contribution in [2.75, 3.05) is 40.5 Å². The summed E-state index contributed by atoms with van der Waals surface area (Å²) in [6.07, 6.45) is 3.09. The van der Waals surface area contributed by atoms with Crippen LogP contribution < -0.4 is 25.0 Å². The van der Waals surface area contributed by atoms with E-state index in [1.807, 2.05) is 0 Å². The highest BCUT2D eigenvalue weighted by atomic mass is 35.5. The molecule has 1 fully saturated rings. The fourth-order valence-electron chi connectivity index (χ4n) is 3.96. The highest BCUT2D eigenvalue weighted by molar-refractivity contribution is 7.93. The number of hydrogen-bond acceptors (Lipinski definition) is 5. The maximum absolute atomic E-state index is 13.6. The summed E-state index contributed by atoms with van der Waals surface area (Å²) in [4.78, 5) is 14.7. The van der Waals surface area contributed by atoms with Gasteiger partial charge in [0, 0.05) is 29.5 Å². The van der Waals surface area contributed by atoms with Gasteiger partial charge in [0.25, 0.3) is 10.0 Å². The third kappa shape index (κ3) is 6.17. The third-order valence-corrected chi connectivity index (χ3v) is 7.30. The highest BCUT2D eigenvalue weighted by Crippen LogP contribution is 2.33. The number of hydrogen-bond donors (Lipinski definition) is 3. The number of sulfonamides is 1. The summed E-state index contributed by atoms with van der Waals surface area (Å²) in [6, 6.07) is 17.9. The molecule has 1 aliphatic heterocycles. The second kappa shape index (κ2) is 10.9. The summed E-state index contributed by atoms with van der Waals surface area (Å²) in [5.41, 5.74) is 1.83. The molecule has 10 heteroatoms. The van der Waals surface area contributed by atoms with Crippen LogP contribution in [-0.2, 0) is 10.0 Å². The number of methoxy groups -OCH3 is 1. The van der Waals surface area contributed by atoms with Crippen LogP contribution >= 0.6 is 11.6 Å². The molecule has 35 heavy (non-hydrogen) atoms. The van der Waals surface area contributed by atoms with Crippen molar-refractivity contribution in [2.45, 2.75) is 24.2 Å². The molecule has 1 heterocycles. The van der Waals surface area contributed by atoms with Gasteiger partial charge in [0.2, 0.25) is 0 Å². The topological polar surface area (TPSA) is 99.8 Å². The van der Waals surface area contributed by atoms with E-state index in [1.165, 1.54) is 13.2 Å². The number of ether oxygens (including phenoxy) is 1. The molecule has 0 atom stereocenters. The number of para-hydroxylation sites is 2. The molecule has 0 saturated carbocycles. The van der Waals surface area contributed by atoms with E-state index in [0.29, 0.717) is 33.5 Å². The zero-order valence-corrected chi connectivity index (χ0v) is 20.8. The minimum absolute atomic E-state index is 0.0783. The SMILES string of the molecule is COc1ccccc1NS(=O)(=O)c1cc(NC(=O)Nc2ccc(Cl)cc2)ccc1N1CCCCC1. The van der Waals surface area contributed by atoms with E-state index >= 15 is 0 Å². The Morgan fingerprint density at radius 1 is 0.914 bits per heavy atom. The van der Waals surface area contributed by atoms with Crippen LogP contribution in [0.15, 0.2) is 71.6 Å². The molecule has 0 radical (unpaired) electrons. The lowest BCUT2D eigenvalue weighted by molar-refractivity contribution is 0.262. The minimum Gasteiger partial charge on any atom is -0.495 e. The Hall–Kier alpha value is -3.43. The average molecular weight is 515 g/mol. The molecule has 3 N–H and O–H groups in total. The largest absolute Gasteiger partial charge is 0.495 e. The smallest absolute Gasteiger partial charge is 0.323 e. The number of urea groups is 1. The number of piperidine rings is 1. The van der Waals surface area contributed by atoms with Gasteiger partial charge in [0.15, 0.2) is 0 Å². The third-order valence-electron chi connectivity index (χ3n) is 5.66. The van der Waals surface area contributed by atoms with Crippen LogP contribution in [0, 0.1) is 0 Å². The lowest BCUT2D eigenvalue weighted by Crippen LogP contribution is -2.31. The summed E-state index contributed by atoms with van der Waals surface area (Å²) in [5, 5.41) is 5.98. The fraction of sp³-hybridized carbons (Fsp3) is 0.240. The zero-order valence-electron chi connectivity index (χ0n) is 19.3. The lowest BCUT2D eigenvalue weighted by atomic mass is 10.1. The second-order valence-electron chi connectivity index (χ2n) is 8.12. The van der Waals surface area contributed by atoms with E-state index in [0.717, 1.165) is 32.4 Å². The van der Waals surface area contributed by atoms with E-state index in [9.17, 15) is 13.2 Å². The first-order valence-electron chi connectivity index (χ1n) is 11.2. The Morgan fingerprint density at radius 2 is 1.57 bits per heavy atom. The van der Waals surface area contributed by atoms with Crippen molar-refractivity contribution < 1.29 is 17.9 Å². The molecular weight excluding hydrogens is 488 g/mol. The van der Waals surface area contributed by atoms with Crippen LogP contribution in [-0.4, -0.2) is 34.6 Å². The van der Waals surface area contributed by atoms with Gasteiger partial charge < -0.3 is 20.3 Å². The Bertz CT molecular complexity index is 1290. The van der Waals surface area contributed by atoms with E-state index in [2.05, 4.69) is 20.3 Å².